The minimum absolute atomic E-state index is 0.0341. The van der Waals surface area contributed by atoms with Crippen LogP contribution in [0.2, 0.25) is 0 Å². The van der Waals surface area contributed by atoms with Gasteiger partial charge in [-0.05, 0) is 48.3 Å². The minimum atomic E-state index is -0.872. The number of hydrogen-bond acceptors (Lipinski definition) is 4. The maximum absolute atomic E-state index is 13.1. The van der Waals surface area contributed by atoms with Gasteiger partial charge in [-0.3, -0.25) is 14.4 Å². The molecule has 172 valence electrons. The molecule has 1 N–H and O–H groups in total. The summed E-state index contributed by atoms with van der Waals surface area (Å²) < 4.78 is 5.58. The Labute approximate surface area is 187 Å². The van der Waals surface area contributed by atoms with Crippen molar-refractivity contribution in [3.8, 4) is 5.75 Å². The average Bonchev–Trinajstić information content (AvgIpc) is 2.73. The fourth-order valence-electron chi connectivity index (χ4n) is 3.36. The number of amides is 1. The van der Waals surface area contributed by atoms with Crippen LogP contribution in [0, 0.1) is 23.7 Å². The minimum Gasteiger partial charge on any atom is -0.494 e. The highest BCUT2D eigenvalue weighted by atomic mass is 16.5. The molecule has 1 rings (SSSR count). The largest absolute Gasteiger partial charge is 0.494 e. The third-order valence-corrected chi connectivity index (χ3v) is 5.11. The number of ketones is 1. The molecule has 1 amide bonds. The highest BCUT2D eigenvalue weighted by Gasteiger charge is 2.29. The maximum Gasteiger partial charge on any atom is 0.224 e. The van der Waals surface area contributed by atoms with Crippen LogP contribution < -0.4 is 10.1 Å². The Bertz CT molecular complexity index is 721. The normalized spacial score (nSPS) is 14.5. The molecule has 0 aliphatic heterocycles. The van der Waals surface area contributed by atoms with Crippen molar-refractivity contribution in [3.05, 3.63) is 42.0 Å². The van der Waals surface area contributed by atoms with Gasteiger partial charge in [0.15, 0.2) is 6.29 Å². The second-order valence-corrected chi connectivity index (χ2v) is 9.00. The van der Waals surface area contributed by atoms with Crippen LogP contribution in [0.15, 0.2) is 36.4 Å². The van der Waals surface area contributed by atoms with Crippen molar-refractivity contribution in [3.63, 3.8) is 0 Å². The SMILES string of the molecule is CCCOc1ccc(C[C@H](NC(=O)[C@H](CC(C)C)[C@H](C)/C=C/C(C)C)C(=O)C=O)cc1. The molecule has 0 saturated heterocycles. The molecule has 1 aromatic carbocycles. The number of allylic oxidation sites excluding steroid dienone is 2. The number of carbonyl (C=O) groups excluding carboxylic acids is 3. The van der Waals surface area contributed by atoms with E-state index in [9.17, 15) is 14.4 Å². The lowest BCUT2D eigenvalue weighted by Gasteiger charge is -2.25. The van der Waals surface area contributed by atoms with E-state index in [1.54, 1.807) is 0 Å². The van der Waals surface area contributed by atoms with E-state index in [1.165, 1.54) is 0 Å². The number of aldehydes is 1. The molecule has 0 radical (unpaired) electrons. The van der Waals surface area contributed by atoms with Crippen LogP contribution in [0.1, 0.15) is 59.9 Å². The lowest BCUT2D eigenvalue weighted by molar-refractivity contribution is -0.134. The van der Waals surface area contributed by atoms with Crippen molar-refractivity contribution >= 4 is 18.0 Å². The molecule has 0 spiro atoms. The van der Waals surface area contributed by atoms with E-state index < -0.39 is 11.8 Å². The molecule has 5 heteroatoms. The Morgan fingerprint density at radius 1 is 1.03 bits per heavy atom. The van der Waals surface area contributed by atoms with Crippen LogP contribution in [0.4, 0.5) is 0 Å². The Morgan fingerprint density at radius 3 is 2.19 bits per heavy atom. The van der Waals surface area contributed by atoms with Gasteiger partial charge in [0.25, 0.3) is 0 Å². The third-order valence-electron chi connectivity index (χ3n) is 5.11. The number of Topliss-reactive ketones (excluding diaryl/α,β-unsaturated/α-hetero) is 1. The second kappa shape index (κ2) is 13.8. The molecule has 0 aromatic heterocycles. The Hall–Kier alpha value is -2.43. The van der Waals surface area contributed by atoms with Gasteiger partial charge in [0.1, 0.15) is 5.75 Å². The van der Waals surface area contributed by atoms with E-state index in [2.05, 4.69) is 45.2 Å². The van der Waals surface area contributed by atoms with Gasteiger partial charge in [-0.2, -0.15) is 0 Å². The van der Waals surface area contributed by atoms with Crippen LogP contribution in [0.5, 0.6) is 5.75 Å². The van der Waals surface area contributed by atoms with Crippen molar-refractivity contribution in [2.75, 3.05) is 6.61 Å². The number of benzene rings is 1. The van der Waals surface area contributed by atoms with Gasteiger partial charge in [-0.1, -0.05) is 65.8 Å². The number of hydrogen-bond donors (Lipinski definition) is 1. The first-order chi connectivity index (χ1) is 14.7. The molecule has 0 fully saturated rings. The lowest BCUT2D eigenvalue weighted by atomic mass is 9.84. The highest BCUT2D eigenvalue weighted by molar-refractivity contribution is 6.28. The van der Waals surface area contributed by atoms with Crippen LogP contribution >= 0.6 is 0 Å². The molecular weight excluding hydrogens is 390 g/mol. The number of ether oxygens (including phenoxy) is 1. The quantitative estimate of drug-likeness (QED) is 0.262. The Balaban J connectivity index is 2.95. The Morgan fingerprint density at radius 2 is 1.68 bits per heavy atom. The number of carbonyl (C=O) groups is 3. The topological polar surface area (TPSA) is 72.5 Å². The summed E-state index contributed by atoms with van der Waals surface area (Å²) in [6.45, 7) is 13.1. The summed E-state index contributed by atoms with van der Waals surface area (Å²) in [6, 6.07) is 6.54. The zero-order valence-electron chi connectivity index (χ0n) is 19.9. The fourth-order valence-corrected chi connectivity index (χ4v) is 3.36. The smallest absolute Gasteiger partial charge is 0.224 e. The molecule has 0 bridgehead atoms. The van der Waals surface area contributed by atoms with Crippen LogP contribution in [0.3, 0.4) is 0 Å². The highest BCUT2D eigenvalue weighted by Crippen LogP contribution is 2.23. The fraction of sp³-hybridized carbons (Fsp3) is 0.577. The standard InChI is InChI=1S/C26H39NO4/c1-7-14-31-22-12-10-21(11-13-22)16-24(25(29)17-28)27-26(30)23(15-19(4)5)20(6)9-8-18(2)3/h8-13,17-20,23-24H,7,14-16H2,1-6H3,(H,27,30)/b9-8+/t20-,23-,24+/m1/s1. The second-order valence-electron chi connectivity index (χ2n) is 9.00. The number of rotatable bonds is 14. The van der Waals surface area contributed by atoms with Crippen molar-refractivity contribution in [1.29, 1.82) is 0 Å². The van der Waals surface area contributed by atoms with E-state index in [4.69, 9.17) is 4.74 Å². The van der Waals surface area contributed by atoms with Crippen LogP contribution in [-0.4, -0.2) is 30.6 Å². The molecule has 3 atom stereocenters. The van der Waals surface area contributed by atoms with Crippen LogP contribution in [-0.2, 0) is 20.8 Å². The summed E-state index contributed by atoms with van der Waals surface area (Å²) in [5, 5.41) is 2.85. The number of nitrogens with one attached hydrogen (secondary N) is 1. The summed E-state index contributed by atoms with van der Waals surface area (Å²) in [6.07, 6.45) is 6.36. The zero-order valence-corrected chi connectivity index (χ0v) is 19.9. The van der Waals surface area contributed by atoms with Crippen LogP contribution in [0.25, 0.3) is 0 Å². The van der Waals surface area contributed by atoms with Crippen molar-refractivity contribution in [2.45, 2.75) is 66.8 Å². The van der Waals surface area contributed by atoms with Crippen molar-refractivity contribution in [2.24, 2.45) is 23.7 Å². The van der Waals surface area contributed by atoms with Gasteiger partial charge < -0.3 is 10.1 Å². The molecule has 0 unspecified atom stereocenters. The molecular formula is C26H39NO4. The summed E-state index contributed by atoms with van der Waals surface area (Å²) in [5.41, 5.74) is 0.859. The van der Waals surface area contributed by atoms with Gasteiger partial charge in [-0.25, -0.2) is 0 Å². The van der Waals surface area contributed by atoms with E-state index in [0.29, 0.717) is 31.1 Å². The van der Waals surface area contributed by atoms with Gasteiger partial charge in [0, 0.05) is 12.3 Å². The molecule has 0 heterocycles. The summed E-state index contributed by atoms with van der Waals surface area (Å²) in [5.74, 6) is 0.468. The first-order valence-electron chi connectivity index (χ1n) is 11.4. The van der Waals surface area contributed by atoms with E-state index in [0.717, 1.165) is 17.7 Å². The van der Waals surface area contributed by atoms with Crippen molar-refractivity contribution in [1.82, 2.24) is 5.32 Å². The van der Waals surface area contributed by atoms with Gasteiger partial charge in [0.2, 0.25) is 11.7 Å². The molecule has 5 nitrogen and oxygen atoms in total. The summed E-state index contributed by atoms with van der Waals surface area (Å²) in [7, 11) is 0. The first-order valence-corrected chi connectivity index (χ1v) is 11.4. The average molecular weight is 430 g/mol. The Kier molecular flexibility index (Phi) is 11.8. The van der Waals surface area contributed by atoms with E-state index in [-0.39, 0.29) is 24.2 Å². The van der Waals surface area contributed by atoms with E-state index in [1.807, 2.05) is 38.1 Å². The summed E-state index contributed by atoms with van der Waals surface area (Å²) in [4.78, 5) is 36.6. The third kappa shape index (κ3) is 9.95. The van der Waals surface area contributed by atoms with E-state index >= 15 is 0 Å². The van der Waals surface area contributed by atoms with Crippen molar-refractivity contribution < 1.29 is 19.1 Å². The maximum atomic E-state index is 13.1. The van der Waals surface area contributed by atoms with Gasteiger partial charge in [0.05, 0.1) is 12.6 Å². The molecule has 31 heavy (non-hydrogen) atoms. The predicted octanol–water partition coefficient (Wildman–Crippen LogP) is 4.78. The molecule has 1 aromatic rings. The van der Waals surface area contributed by atoms with Gasteiger partial charge in [-0.15, -0.1) is 0 Å². The first kappa shape index (κ1) is 26.6. The molecule has 0 saturated carbocycles. The lowest BCUT2D eigenvalue weighted by Crippen LogP contribution is -2.46. The molecule has 0 aliphatic rings. The summed E-state index contributed by atoms with van der Waals surface area (Å²) >= 11 is 0. The monoisotopic (exact) mass is 429 g/mol. The predicted molar refractivity (Wildman–Crippen MR) is 125 cm³/mol. The zero-order chi connectivity index (χ0) is 23.4. The van der Waals surface area contributed by atoms with Gasteiger partial charge >= 0.3 is 0 Å². The molecule has 0 aliphatic carbocycles.